The van der Waals surface area contributed by atoms with E-state index in [1.54, 1.807) is 19.2 Å². The summed E-state index contributed by atoms with van der Waals surface area (Å²) in [6.45, 7) is 0.809. The number of benzene rings is 1. The Kier molecular flexibility index (Phi) is 2.39. The molecule has 1 N–H and O–H groups in total. The number of methoxy groups -OCH3 is 1. The van der Waals surface area contributed by atoms with Crippen molar-refractivity contribution < 1.29 is 19.0 Å². The second kappa shape index (κ2) is 3.69. The second-order valence-electron chi connectivity index (χ2n) is 3.80. The summed E-state index contributed by atoms with van der Waals surface area (Å²) in [4.78, 5) is 12.0. The molecule has 0 bridgehead atoms. The molecule has 0 aliphatic carbocycles. The van der Waals surface area contributed by atoms with E-state index in [1.807, 2.05) is 0 Å². The summed E-state index contributed by atoms with van der Waals surface area (Å²) in [5.74, 6) is -1.02. The molecule has 0 atom stereocenters. The van der Waals surface area contributed by atoms with Gasteiger partial charge >= 0.3 is 0 Å². The van der Waals surface area contributed by atoms with Gasteiger partial charge in [0, 0.05) is 10.0 Å². The van der Waals surface area contributed by atoms with Crippen LogP contribution in [0.3, 0.4) is 0 Å². The summed E-state index contributed by atoms with van der Waals surface area (Å²) in [5, 5.41) is 2.74. The predicted molar refractivity (Wildman–Crippen MR) is 62.9 cm³/mol. The minimum absolute atomic E-state index is 0.304. The average molecular weight is 300 g/mol. The quantitative estimate of drug-likeness (QED) is 0.856. The summed E-state index contributed by atoms with van der Waals surface area (Å²) in [6.07, 6.45) is 0. The zero-order chi connectivity index (χ0) is 12.0. The molecule has 2 aliphatic heterocycles. The molecule has 1 aromatic rings. The molecule has 1 aromatic carbocycles. The fraction of sp³-hybridized carbons (Fsp3) is 0.364. The number of carbonyl (C=O) groups is 1. The van der Waals surface area contributed by atoms with Crippen LogP contribution < -0.4 is 10.1 Å². The fourth-order valence-electron chi connectivity index (χ4n) is 2.15. The largest absolute Gasteiger partial charge is 0.495 e. The number of halogens is 1. The minimum atomic E-state index is -1.30. The van der Waals surface area contributed by atoms with E-state index >= 15 is 0 Å². The first-order valence-corrected chi connectivity index (χ1v) is 5.94. The third-order valence-electron chi connectivity index (χ3n) is 2.87. The van der Waals surface area contributed by atoms with Crippen LogP contribution in [-0.2, 0) is 20.1 Å². The molecule has 2 aliphatic rings. The zero-order valence-corrected chi connectivity index (χ0v) is 10.7. The third kappa shape index (κ3) is 1.41. The van der Waals surface area contributed by atoms with Crippen LogP contribution in [0.15, 0.2) is 16.6 Å². The molecule has 5 nitrogen and oxygen atoms in total. The summed E-state index contributed by atoms with van der Waals surface area (Å²) in [6, 6.07) is 3.59. The van der Waals surface area contributed by atoms with Gasteiger partial charge in [-0.1, -0.05) is 15.9 Å². The normalized spacial score (nSPS) is 20.5. The second-order valence-corrected chi connectivity index (χ2v) is 4.71. The van der Waals surface area contributed by atoms with Gasteiger partial charge < -0.3 is 19.5 Å². The van der Waals surface area contributed by atoms with Gasteiger partial charge in [0.1, 0.15) is 5.75 Å². The highest BCUT2D eigenvalue weighted by molar-refractivity contribution is 9.10. The van der Waals surface area contributed by atoms with Crippen LogP contribution in [0, 0.1) is 0 Å². The average Bonchev–Trinajstić information content (AvgIpc) is 2.89. The number of ether oxygens (including phenoxy) is 3. The van der Waals surface area contributed by atoms with E-state index in [1.165, 1.54) is 0 Å². The molecule has 0 unspecified atom stereocenters. The molecule has 1 fully saturated rings. The Morgan fingerprint density at radius 1 is 1.41 bits per heavy atom. The summed E-state index contributed by atoms with van der Waals surface area (Å²) in [7, 11) is 1.55. The Balaban J connectivity index is 2.21. The highest BCUT2D eigenvalue weighted by atomic mass is 79.9. The van der Waals surface area contributed by atoms with Crippen LogP contribution in [-0.4, -0.2) is 26.2 Å². The monoisotopic (exact) mass is 299 g/mol. The lowest BCUT2D eigenvalue weighted by Gasteiger charge is -2.19. The van der Waals surface area contributed by atoms with E-state index in [2.05, 4.69) is 21.2 Å². The number of hydrogen-bond donors (Lipinski definition) is 1. The summed E-state index contributed by atoms with van der Waals surface area (Å²) >= 11 is 3.38. The molecule has 0 radical (unpaired) electrons. The van der Waals surface area contributed by atoms with E-state index in [4.69, 9.17) is 14.2 Å². The maximum atomic E-state index is 12.0. The maximum Gasteiger partial charge on any atom is 0.290 e. The van der Waals surface area contributed by atoms with Crippen molar-refractivity contribution in [3.8, 4) is 5.75 Å². The maximum absolute atomic E-state index is 12.0. The SMILES string of the molecule is COc1cc(Br)cc2c1NC(=O)C21OCCO1. The highest BCUT2D eigenvalue weighted by Crippen LogP contribution is 2.47. The lowest BCUT2D eigenvalue weighted by Crippen LogP contribution is -2.35. The van der Waals surface area contributed by atoms with E-state index in [9.17, 15) is 4.79 Å². The predicted octanol–water partition coefficient (Wildman–Crippen LogP) is 1.61. The topological polar surface area (TPSA) is 56.8 Å². The van der Waals surface area contributed by atoms with Gasteiger partial charge in [-0.3, -0.25) is 4.79 Å². The van der Waals surface area contributed by atoms with Gasteiger partial charge in [0.2, 0.25) is 0 Å². The van der Waals surface area contributed by atoms with Gasteiger partial charge in [0.25, 0.3) is 11.7 Å². The lowest BCUT2D eigenvalue weighted by molar-refractivity contribution is -0.178. The van der Waals surface area contributed by atoms with Crippen LogP contribution in [0.5, 0.6) is 5.75 Å². The molecule has 3 rings (SSSR count). The Labute approximate surface area is 106 Å². The molecule has 90 valence electrons. The van der Waals surface area contributed by atoms with E-state index in [-0.39, 0.29) is 5.91 Å². The molecule has 1 spiro atoms. The Morgan fingerprint density at radius 2 is 2.12 bits per heavy atom. The number of anilines is 1. The van der Waals surface area contributed by atoms with Gasteiger partial charge in [-0.05, 0) is 12.1 Å². The molecule has 0 aromatic heterocycles. The number of rotatable bonds is 1. The minimum Gasteiger partial charge on any atom is -0.495 e. The van der Waals surface area contributed by atoms with Gasteiger partial charge in [-0.2, -0.15) is 0 Å². The van der Waals surface area contributed by atoms with Crippen molar-refractivity contribution in [3.05, 3.63) is 22.2 Å². The van der Waals surface area contributed by atoms with Gasteiger partial charge in [-0.25, -0.2) is 0 Å². The molecular formula is C11H10BrNO4. The smallest absolute Gasteiger partial charge is 0.290 e. The van der Waals surface area contributed by atoms with Crippen molar-refractivity contribution in [2.45, 2.75) is 5.79 Å². The van der Waals surface area contributed by atoms with Gasteiger partial charge in [0.05, 0.1) is 26.0 Å². The number of hydrogen-bond acceptors (Lipinski definition) is 4. The summed E-state index contributed by atoms with van der Waals surface area (Å²) < 4.78 is 17.0. The van der Waals surface area contributed by atoms with Crippen molar-refractivity contribution >= 4 is 27.5 Å². The molecule has 1 saturated heterocycles. The van der Waals surface area contributed by atoms with Crippen molar-refractivity contribution in [2.24, 2.45) is 0 Å². The third-order valence-corrected chi connectivity index (χ3v) is 3.33. The first-order chi connectivity index (χ1) is 8.17. The number of carbonyl (C=O) groups excluding carboxylic acids is 1. The molecule has 2 heterocycles. The Hall–Kier alpha value is -1.11. The van der Waals surface area contributed by atoms with Crippen LogP contribution in [0.4, 0.5) is 5.69 Å². The highest BCUT2D eigenvalue weighted by Gasteiger charge is 2.53. The Bertz CT molecular complexity index is 496. The zero-order valence-electron chi connectivity index (χ0n) is 9.08. The molecule has 17 heavy (non-hydrogen) atoms. The first kappa shape index (κ1) is 11.0. The first-order valence-electron chi connectivity index (χ1n) is 5.15. The van der Waals surface area contributed by atoms with Gasteiger partial charge in [0.15, 0.2) is 0 Å². The van der Waals surface area contributed by atoms with Crippen molar-refractivity contribution in [1.29, 1.82) is 0 Å². The fourth-order valence-corrected chi connectivity index (χ4v) is 2.59. The van der Waals surface area contributed by atoms with Crippen molar-refractivity contribution in [1.82, 2.24) is 0 Å². The van der Waals surface area contributed by atoms with E-state index < -0.39 is 5.79 Å². The molecular weight excluding hydrogens is 290 g/mol. The van der Waals surface area contributed by atoms with Crippen molar-refractivity contribution in [2.75, 3.05) is 25.6 Å². The molecule has 1 amide bonds. The standard InChI is InChI=1S/C11H10BrNO4/c1-15-8-5-6(12)4-7-9(8)13-10(14)11(7)16-2-3-17-11/h4-5H,2-3H2,1H3,(H,13,14). The van der Waals surface area contributed by atoms with E-state index in [0.29, 0.717) is 30.2 Å². The number of fused-ring (bicyclic) bond motifs is 2. The van der Waals surface area contributed by atoms with Crippen LogP contribution in [0.2, 0.25) is 0 Å². The van der Waals surface area contributed by atoms with Crippen LogP contribution in [0.25, 0.3) is 0 Å². The van der Waals surface area contributed by atoms with Crippen LogP contribution >= 0.6 is 15.9 Å². The van der Waals surface area contributed by atoms with Crippen LogP contribution in [0.1, 0.15) is 5.56 Å². The lowest BCUT2D eigenvalue weighted by atomic mass is 10.1. The van der Waals surface area contributed by atoms with E-state index in [0.717, 1.165) is 4.47 Å². The number of amides is 1. The Morgan fingerprint density at radius 3 is 2.76 bits per heavy atom. The molecule has 6 heteroatoms. The molecule has 0 saturated carbocycles. The number of nitrogens with one attached hydrogen (secondary N) is 1. The summed E-state index contributed by atoms with van der Waals surface area (Å²) in [5.41, 5.74) is 1.27. The van der Waals surface area contributed by atoms with Crippen molar-refractivity contribution in [3.63, 3.8) is 0 Å². The van der Waals surface area contributed by atoms with Gasteiger partial charge in [-0.15, -0.1) is 0 Å².